The minimum absolute atomic E-state index is 0.145. The molecule has 0 radical (unpaired) electrons. The number of carbonyl (C=O) groups excluding carboxylic acids is 1. The van der Waals surface area contributed by atoms with Gasteiger partial charge in [-0.1, -0.05) is 41.9 Å². The number of ether oxygens (including phenoxy) is 1. The Morgan fingerprint density at radius 2 is 1.74 bits per heavy atom. The van der Waals surface area contributed by atoms with E-state index in [1.807, 2.05) is 37.3 Å². The Hall–Kier alpha value is -2.00. The highest BCUT2D eigenvalue weighted by Gasteiger charge is 2.10. The van der Waals surface area contributed by atoms with Crippen LogP contribution in [-0.2, 0) is 0 Å². The minimum Gasteiger partial charge on any atom is -0.410 e. The molecule has 1 atom stereocenters. The lowest BCUT2D eigenvalue weighted by Gasteiger charge is -2.14. The second-order valence-electron chi connectivity index (χ2n) is 4.12. The number of nitrogens with one attached hydrogen (secondary N) is 1. The van der Waals surface area contributed by atoms with Crippen molar-refractivity contribution < 1.29 is 9.53 Å². The maximum absolute atomic E-state index is 11.7. The maximum Gasteiger partial charge on any atom is 0.413 e. The van der Waals surface area contributed by atoms with Crippen LogP contribution in [0.1, 0.15) is 18.5 Å². The Morgan fingerprint density at radius 1 is 1.11 bits per heavy atom. The average Bonchev–Trinajstić information content (AvgIpc) is 2.40. The van der Waals surface area contributed by atoms with Crippen LogP contribution in [-0.4, -0.2) is 6.09 Å². The molecule has 0 heterocycles. The molecular formula is C15H14ClNO2. The quantitative estimate of drug-likeness (QED) is 0.912. The molecule has 0 saturated carbocycles. The van der Waals surface area contributed by atoms with Crippen molar-refractivity contribution in [3.8, 4) is 5.75 Å². The minimum atomic E-state index is -0.478. The van der Waals surface area contributed by atoms with E-state index in [1.165, 1.54) is 0 Å². The number of hydrogen-bond donors (Lipinski definition) is 1. The van der Waals surface area contributed by atoms with E-state index in [4.69, 9.17) is 16.3 Å². The summed E-state index contributed by atoms with van der Waals surface area (Å²) >= 11 is 5.82. The first kappa shape index (κ1) is 13.4. The lowest BCUT2D eigenvalue weighted by atomic mass is 10.1. The van der Waals surface area contributed by atoms with Gasteiger partial charge < -0.3 is 10.1 Å². The molecule has 98 valence electrons. The fourth-order valence-electron chi connectivity index (χ4n) is 1.64. The van der Waals surface area contributed by atoms with Crippen LogP contribution in [0.3, 0.4) is 0 Å². The normalized spacial score (nSPS) is 11.7. The molecule has 0 fully saturated rings. The summed E-state index contributed by atoms with van der Waals surface area (Å²) in [6.07, 6.45) is -0.478. The molecule has 0 aromatic heterocycles. The first-order chi connectivity index (χ1) is 9.15. The summed E-state index contributed by atoms with van der Waals surface area (Å²) in [4.78, 5) is 11.7. The van der Waals surface area contributed by atoms with Gasteiger partial charge in [0.2, 0.25) is 0 Å². The molecule has 1 N–H and O–H groups in total. The monoisotopic (exact) mass is 275 g/mol. The van der Waals surface area contributed by atoms with Gasteiger partial charge in [0.05, 0.1) is 6.04 Å². The van der Waals surface area contributed by atoms with Gasteiger partial charge in [0.1, 0.15) is 5.75 Å². The van der Waals surface area contributed by atoms with Crippen molar-refractivity contribution in [2.75, 3.05) is 0 Å². The van der Waals surface area contributed by atoms with Crippen LogP contribution in [0.15, 0.2) is 54.6 Å². The summed E-state index contributed by atoms with van der Waals surface area (Å²) in [5.41, 5.74) is 0.967. The molecule has 19 heavy (non-hydrogen) atoms. The number of carbonyl (C=O) groups is 1. The number of hydrogen-bond acceptors (Lipinski definition) is 2. The van der Waals surface area contributed by atoms with Crippen molar-refractivity contribution in [3.05, 3.63) is 65.2 Å². The van der Waals surface area contributed by atoms with Crippen molar-refractivity contribution in [1.82, 2.24) is 5.32 Å². The lowest BCUT2D eigenvalue weighted by Crippen LogP contribution is -2.29. The Balaban J connectivity index is 1.93. The highest BCUT2D eigenvalue weighted by atomic mass is 35.5. The molecule has 1 amide bonds. The van der Waals surface area contributed by atoms with Crippen LogP contribution in [0, 0.1) is 0 Å². The predicted octanol–water partition coefficient (Wildman–Crippen LogP) is 4.19. The fourth-order valence-corrected chi connectivity index (χ4v) is 1.76. The predicted molar refractivity (Wildman–Crippen MR) is 75.5 cm³/mol. The topological polar surface area (TPSA) is 38.3 Å². The largest absolute Gasteiger partial charge is 0.413 e. The molecule has 0 aliphatic carbocycles. The molecule has 1 unspecified atom stereocenters. The average molecular weight is 276 g/mol. The van der Waals surface area contributed by atoms with Crippen LogP contribution in [0.5, 0.6) is 5.75 Å². The van der Waals surface area contributed by atoms with Gasteiger partial charge in [-0.05, 0) is 36.8 Å². The van der Waals surface area contributed by atoms with E-state index < -0.39 is 6.09 Å². The van der Waals surface area contributed by atoms with Gasteiger partial charge in [-0.2, -0.15) is 0 Å². The summed E-state index contributed by atoms with van der Waals surface area (Å²) in [5.74, 6) is 0.517. The highest BCUT2D eigenvalue weighted by Crippen LogP contribution is 2.16. The second kappa shape index (κ2) is 6.25. The number of amides is 1. The zero-order chi connectivity index (χ0) is 13.7. The zero-order valence-electron chi connectivity index (χ0n) is 10.5. The summed E-state index contributed by atoms with van der Waals surface area (Å²) in [6.45, 7) is 1.88. The number of para-hydroxylation sites is 1. The zero-order valence-corrected chi connectivity index (χ0v) is 11.2. The van der Waals surface area contributed by atoms with Gasteiger partial charge in [-0.15, -0.1) is 0 Å². The van der Waals surface area contributed by atoms with Crippen molar-refractivity contribution in [2.45, 2.75) is 13.0 Å². The first-order valence-electron chi connectivity index (χ1n) is 5.94. The van der Waals surface area contributed by atoms with Gasteiger partial charge in [0.15, 0.2) is 0 Å². The molecule has 0 aliphatic rings. The van der Waals surface area contributed by atoms with E-state index >= 15 is 0 Å². The van der Waals surface area contributed by atoms with Gasteiger partial charge in [0.25, 0.3) is 0 Å². The smallest absolute Gasteiger partial charge is 0.410 e. The van der Waals surface area contributed by atoms with Gasteiger partial charge >= 0.3 is 6.09 Å². The first-order valence-corrected chi connectivity index (χ1v) is 6.32. The molecule has 2 aromatic rings. The maximum atomic E-state index is 11.7. The molecule has 0 saturated heterocycles. The van der Waals surface area contributed by atoms with Gasteiger partial charge in [0, 0.05) is 5.02 Å². The van der Waals surface area contributed by atoms with Crippen LogP contribution in [0.25, 0.3) is 0 Å². The molecule has 0 spiro atoms. The molecule has 0 bridgehead atoms. The Kier molecular flexibility index (Phi) is 4.42. The molecule has 4 heteroatoms. The summed E-state index contributed by atoms with van der Waals surface area (Å²) < 4.78 is 5.15. The summed E-state index contributed by atoms with van der Waals surface area (Å²) in [7, 11) is 0. The Labute approximate surface area is 117 Å². The Morgan fingerprint density at radius 3 is 2.37 bits per heavy atom. The van der Waals surface area contributed by atoms with E-state index in [0.29, 0.717) is 10.8 Å². The van der Waals surface area contributed by atoms with E-state index in [1.54, 1.807) is 24.3 Å². The van der Waals surface area contributed by atoms with Gasteiger partial charge in [-0.25, -0.2) is 4.79 Å². The van der Waals surface area contributed by atoms with Crippen LogP contribution in [0.4, 0.5) is 4.79 Å². The standard InChI is InChI=1S/C15H14ClNO2/c1-11(12-7-9-13(16)10-8-12)17-15(18)19-14-5-3-2-4-6-14/h2-11H,1H3,(H,17,18). The van der Waals surface area contributed by atoms with Crippen LogP contribution < -0.4 is 10.1 Å². The fraction of sp³-hybridized carbons (Fsp3) is 0.133. The van der Waals surface area contributed by atoms with Crippen LogP contribution >= 0.6 is 11.6 Å². The van der Waals surface area contributed by atoms with Crippen molar-refractivity contribution in [1.29, 1.82) is 0 Å². The van der Waals surface area contributed by atoms with E-state index in [9.17, 15) is 4.79 Å². The summed E-state index contributed by atoms with van der Waals surface area (Å²) in [6, 6.07) is 16.1. The van der Waals surface area contributed by atoms with E-state index in [-0.39, 0.29) is 6.04 Å². The molecular weight excluding hydrogens is 262 g/mol. The van der Waals surface area contributed by atoms with Crippen molar-refractivity contribution >= 4 is 17.7 Å². The number of halogens is 1. The number of rotatable bonds is 3. The highest BCUT2D eigenvalue weighted by molar-refractivity contribution is 6.30. The molecule has 0 aliphatic heterocycles. The van der Waals surface area contributed by atoms with Crippen LogP contribution in [0.2, 0.25) is 5.02 Å². The molecule has 2 aromatic carbocycles. The summed E-state index contributed by atoms with van der Waals surface area (Å²) in [5, 5.41) is 3.43. The Bertz CT molecular complexity index is 540. The van der Waals surface area contributed by atoms with E-state index in [0.717, 1.165) is 5.56 Å². The third kappa shape index (κ3) is 4.00. The van der Waals surface area contributed by atoms with E-state index in [2.05, 4.69) is 5.32 Å². The second-order valence-corrected chi connectivity index (χ2v) is 4.56. The van der Waals surface area contributed by atoms with Crippen molar-refractivity contribution in [3.63, 3.8) is 0 Å². The SMILES string of the molecule is CC(NC(=O)Oc1ccccc1)c1ccc(Cl)cc1. The molecule has 2 rings (SSSR count). The van der Waals surface area contributed by atoms with Crippen molar-refractivity contribution in [2.24, 2.45) is 0 Å². The number of benzene rings is 2. The third-order valence-electron chi connectivity index (χ3n) is 2.66. The third-order valence-corrected chi connectivity index (χ3v) is 2.91. The van der Waals surface area contributed by atoms with Gasteiger partial charge in [-0.3, -0.25) is 0 Å². The molecule has 3 nitrogen and oxygen atoms in total. The lowest BCUT2D eigenvalue weighted by molar-refractivity contribution is 0.197.